The topological polar surface area (TPSA) is 210 Å². The highest BCUT2D eigenvalue weighted by atomic mass is 16.6. The van der Waals surface area contributed by atoms with Crippen LogP contribution >= 0.6 is 0 Å². The van der Waals surface area contributed by atoms with Gasteiger partial charge in [0.05, 0.1) is 47.5 Å². The molecule has 0 radical (unpaired) electrons. The second kappa shape index (κ2) is 29.7. The Bertz CT molecular complexity index is 1740. The van der Waals surface area contributed by atoms with E-state index in [1.807, 2.05) is 13.8 Å². The summed E-state index contributed by atoms with van der Waals surface area (Å²) in [5.41, 5.74) is -2.43. The van der Waals surface area contributed by atoms with Crippen LogP contribution in [0.5, 0.6) is 0 Å². The molecule has 0 N–H and O–H groups in total. The van der Waals surface area contributed by atoms with Crippen LogP contribution in [0.3, 0.4) is 0 Å². The Labute approximate surface area is 421 Å². The molecule has 71 heavy (non-hydrogen) atoms. The van der Waals surface area contributed by atoms with Crippen LogP contribution in [-0.2, 0) is 76.3 Å². The molecule has 0 heterocycles. The molecule has 398 valence electrons. The molecular weight excluding hydrogens is 917 g/mol. The fourth-order valence-corrected chi connectivity index (χ4v) is 10.2. The minimum atomic E-state index is -1.48. The van der Waals surface area contributed by atoms with Crippen LogP contribution in [0.25, 0.3) is 0 Å². The van der Waals surface area contributed by atoms with Gasteiger partial charge in [0.25, 0.3) is 0 Å². The quantitative estimate of drug-likeness (QED) is 0.0393. The average Bonchev–Trinajstić information content (AvgIpc) is 3.40. The Kier molecular flexibility index (Phi) is 24.6. The fourth-order valence-electron chi connectivity index (χ4n) is 10.2. The first-order valence-corrected chi connectivity index (χ1v) is 26.2. The molecule has 0 aromatic carbocycles. The average molecular weight is 999 g/mol. The lowest BCUT2D eigenvalue weighted by Crippen LogP contribution is -2.47. The summed E-state index contributed by atoms with van der Waals surface area (Å²) in [6, 6.07) is 0. The summed E-state index contributed by atoms with van der Waals surface area (Å²) in [5, 5.41) is 0. The van der Waals surface area contributed by atoms with Gasteiger partial charge in [0.2, 0.25) is 0 Å². The summed E-state index contributed by atoms with van der Waals surface area (Å²) >= 11 is 0. The monoisotopic (exact) mass is 999 g/mol. The van der Waals surface area contributed by atoms with E-state index in [1.165, 1.54) is 18.2 Å². The Morgan fingerprint density at radius 1 is 0.451 bits per heavy atom. The van der Waals surface area contributed by atoms with Crippen molar-refractivity contribution in [2.24, 2.45) is 52.8 Å². The zero-order valence-electron chi connectivity index (χ0n) is 43.0. The molecular formula is C55H82O16. The van der Waals surface area contributed by atoms with Crippen LogP contribution < -0.4 is 0 Å². The molecule has 4 fully saturated rings. The van der Waals surface area contributed by atoms with Crippen LogP contribution in [0.15, 0.2) is 38.0 Å². The Hall–Kier alpha value is -4.70. The van der Waals surface area contributed by atoms with E-state index >= 15 is 0 Å². The smallest absolute Gasteiger partial charge is 0.309 e. The minimum absolute atomic E-state index is 0.00103. The number of rotatable bonds is 29. The van der Waals surface area contributed by atoms with Gasteiger partial charge in [-0.15, -0.1) is 0 Å². The Morgan fingerprint density at radius 2 is 0.746 bits per heavy atom. The summed E-state index contributed by atoms with van der Waals surface area (Å²) < 4.78 is 46.4. The Morgan fingerprint density at radius 3 is 1.04 bits per heavy atom. The molecule has 0 bridgehead atoms. The molecule has 4 saturated carbocycles. The second-order valence-corrected chi connectivity index (χ2v) is 20.6. The molecule has 0 amide bonds. The van der Waals surface area contributed by atoms with Crippen molar-refractivity contribution in [3.63, 3.8) is 0 Å². The van der Waals surface area contributed by atoms with E-state index in [4.69, 9.17) is 37.9 Å². The van der Waals surface area contributed by atoms with Crippen molar-refractivity contribution in [1.29, 1.82) is 0 Å². The highest BCUT2D eigenvalue weighted by Gasteiger charge is 2.44. The molecule has 4 aliphatic rings. The molecule has 0 aromatic rings. The van der Waals surface area contributed by atoms with Crippen LogP contribution in [0, 0.1) is 52.8 Å². The lowest BCUT2D eigenvalue weighted by Gasteiger charge is -2.36. The minimum Gasteiger partial charge on any atom is -0.465 e. The van der Waals surface area contributed by atoms with Gasteiger partial charge in [0.1, 0.15) is 51.3 Å². The van der Waals surface area contributed by atoms with Gasteiger partial charge < -0.3 is 37.9 Å². The molecule has 1 unspecified atom stereocenters. The molecule has 16 nitrogen and oxygen atoms in total. The zero-order valence-corrected chi connectivity index (χ0v) is 43.0. The van der Waals surface area contributed by atoms with E-state index in [-0.39, 0.29) is 91.9 Å². The predicted molar refractivity (Wildman–Crippen MR) is 261 cm³/mol. The largest absolute Gasteiger partial charge is 0.465 e. The van der Waals surface area contributed by atoms with Gasteiger partial charge in [-0.2, -0.15) is 0 Å². The Balaban J connectivity index is 1.55. The van der Waals surface area contributed by atoms with Crippen LogP contribution in [0.1, 0.15) is 143 Å². The third-order valence-electron chi connectivity index (χ3n) is 14.8. The third kappa shape index (κ3) is 18.1. The summed E-state index contributed by atoms with van der Waals surface area (Å²) in [6.45, 7) is 17.4. The first-order chi connectivity index (χ1) is 34.0. The number of hydrogen-bond donors (Lipinski definition) is 0. The second-order valence-electron chi connectivity index (χ2n) is 20.6. The molecule has 4 aliphatic carbocycles. The third-order valence-corrected chi connectivity index (χ3v) is 14.8. The first-order valence-electron chi connectivity index (χ1n) is 26.2. The van der Waals surface area contributed by atoms with Crippen LogP contribution in [-0.4, -0.2) is 112 Å². The van der Waals surface area contributed by atoms with Gasteiger partial charge in [0.15, 0.2) is 11.6 Å². The van der Waals surface area contributed by atoms with Crippen molar-refractivity contribution >= 4 is 47.4 Å². The predicted octanol–water partition coefficient (Wildman–Crippen LogP) is 8.15. The summed E-state index contributed by atoms with van der Waals surface area (Å²) in [5.74, 6) is -6.07. The van der Waals surface area contributed by atoms with Gasteiger partial charge in [-0.05, 0) is 129 Å². The van der Waals surface area contributed by atoms with Crippen molar-refractivity contribution in [3.05, 3.63) is 38.0 Å². The standard InChI is InChI=1S/C55H82O16/c1-8-29-64-48(58)39-17-13-37(14-18-39)46(56)45(12-5)67-33-55(35-69-52(62)43-25-21-40(22-26-43)49(59)65-30-9-2,36-70-53(63)44-27-23-41(24-28-44)50(60)66-31-10-3)34-68-51(61)42-19-15-38(16-20-42)47(57)54(6,7)71-32-11-4/h8-10,37-45H,1-3,11-36H2,4-7H3. The molecule has 1 atom stereocenters. The maximum absolute atomic E-state index is 14.1. The van der Waals surface area contributed by atoms with Gasteiger partial charge in [-0.3, -0.25) is 38.4 Å². The van der Waals surface area contributed by atoms with Crippen molar-refractivity contribution in [2.75, 3.05) is 52.9 Å². The van der Waals surface area contributed by atoms with Gasteiger partial charge in [-0.25, -0.2) is 0 Å². The number of esters is 6. The van der Waals surface area contributed by atoms with E-state index in [0.29, 0.717) is 109 Å². The van der Waals surface area contributed by atoms with E-state index in [0.717, 1.165) is 6.42 Å². The molecule has 0 aliphatic heterocycles. The number of Topliss-reactive ketones (excluding diaryl/α,β-unsaturated/α-hetero) is 2. The lowest BCUT2D eigenvalue weighted by atomic mass is 9.76. The molecule has 0 saturated heterocycles. The van der Waals surface area contributed by atoms with Crippen LogP contribution in [0.2, 0.25) is 0 Å². The first kappa shape index (κ1) is 58.9. The van der Waals surface area contributed by atoms with Crippen molar-refractivity contribution in [3.8, 4) is 0 Å². The summed E-state index contributed by atoms with van der Waals surface area (Å²) in [4.78, 5) is 107. The maximum Gasteiger partial charge on any atom is 0.309 e. The summed E-state index contributed by atoms with van der Waals surface area (Å²) in [7, 11) is 0. The van der Waals surface area contributed by atoms with Gasteiger partial charge >= 0.3 is 35.8 Å². The number of hydrogen-bond acceptors (Lipinski definition) is 16. The van der Waals surface area contributed by atoms with Gasteiger partial charge in [0, 0.05) is 18.4 Å². The van der Waals surface area contributed by atoms with E-state index in [1.54, 1.807) is 13.8 Å². The van der Waals surface area contributed by atoms with E-state index in [2.05, 4.69) is 19.7 Å². The zero-order chi connectivity index (χ0) is 52.0. The number of ketones is 2. The highest BCUT2D eigenvalue weighted by molar-refractivity contribution is 5.89. The number of ether oxygens (including phenoxy) is 8. The number of carbonyl (C=O) groups is 8. The molecule has 16 heteroatoms. The highest BCUT2D eigenvalue weighted by Crippen LogP contribution is 2.37. The number of carbonyl (C=O) groups excluding carboxylic acids is 8. The van der Waals surface area contributed by atoms with Crippen LogP contribution in [0.4, 0.5) is 0 Å². The normalized spacial score (nSPS) is 25.9. The fraction of sp³-hybridized carbons (Fsp3) is 0.745. The maximum atomic E-state index is 14.1. The van der Waals surface area contributed by atoms with Crippen molar-refractivity contribution in [2.45, 2.75) is 155 Å². The summed E-state index contributed by atoms with van der Waals surface area (Å²) in [6.07, 6.45) is 11.4. The van der Waals surface area contributed by atoms with Crippen molar-refractivity contribution in [1.82, 2.24) is 0 Å². The lowest BCUT2D eigenvalue weighted by molar-refractivity contribution is -0.178. The molecule has 0 aromatic heterocycles. The molecule has 0 spiro atoms. The van der Waals surface area contributed by atoms with E-state index in [9.17, 15) is 38.4 Å². The van der Waals surface area contributed by atoms with E-state index < -0.39 is 72.6 Å². The van der Waals surface area contributed by atoms with Gasteiger partial charge in [-0.1, -0.05) is 51.8 Å². The SMILES string of the molecule is C=CCOC(=O)C1CCC(C(=O)OCC(COC(=O)C2CCC(C(=O)OCC=C)CC2)(COC(=O)C2CCC(C(=O)C(C)(C)OCCC)CC2)COC(CC)C(=O)C2CCC(C(=O)OCC=C)CC2)CC1. The van der Waals surface area contributed by atoms with Crippen molar-refractivity contribution < 1.29 is 76.3 Å². The molecule has 4 rings (SSSR count).